The zero-order chi connectivity index (χ0) is 16.3. The smallest absolute Gasteiger partial charge is 0.354 e. The molecule has 1 N–H and O–H groups in total. The largest absolute Gasteiger partial charge is 0.492 e. The third kappa shape index (κ3) is 3.46. The van der Waals surface area contributed by atoms with Gasteiger partial charge < -0.3 is 14.5 Å². The summed E-state index contributed by atoms with van der Waals surface area (Å²) in [5, 5.41) is 0.912. The lowest BCUT2D eigenvalue weighted by atomic mass is 10.0. The van der Waals surface area contributed by atoms with Gasteiger partial charge in [0.25, 0.3) is 0 Å². The minimum atomic E-state index is -0.340. The van der Waals surface area contributed by atoms with E-state index in [1.807, 2.05) is 13.0 Å². The molecule has 0 saturated heterocycles. The van der Waals surface area contributed by atoms with E-state index in [0.717, 1.165) is 33.1 Å². The van der Waals surface area contributed by atoms with Crippen LogP contribution in [0.15, 0.2) is 16.6 Å². The summed E-state index contributed by atoms with van der Waals surface area (Å²) in [6.45, 7) is 9.01. The predicted molar refractivity (Wildman–Crippen MR) is 91.7 cm³/mol. The number of rotatable bonds is 6. The lowest BCUT2D eigenvalue weighted by molar-refractivity contribution is 0.0520. The van der Waals surface area contributed by atoms with Crippen LogP contribution < -0.4 is 4.74 Å². The maximum atomic E-state index is 12.0. The van der Waals surface area contributed by atoms with Gasteiger partial charge in [0.2, 0.25) is 0 Å². The average Bonchev–Trinajstić information content (AvgIpc) is 2.88. The first-order valence-corrected chi connectivity index (χ1v) is 8.41. The molecule has 4 nitrogen and oxygen atoms in total. The summed E-state index contributed by atoms with van der Waals surface area (Å²) in [6, 6.07) is 3.88. The van der Waals surface area contributed by atoms with E-state index in [9.17, 15) is 4.79 Å². The molecule has 0 radical (unpaired) electrons. The van der Waals surface area contributed by atoms with Gasteiger partial charge in [-0.15, -0.1) is 0 Å². The van der Waals surface area contributed by atoms with E-state index < -0.39 is 0 Å². The van der Waals surface area contributed by atoms with E-state index >= 15 is 0 Å². The maximum absolute atomic E-state index is 12.0. The first-order valence-electron chi connectivity index (χ1n) is 7.61. The molecule has 2 rings (SSSR count). The van der Waals surface area contributed by atoms with Gasteiger partial charge in [-0.3, -0.25) is 0 Å². The molecule has 0 aliphatic rings. The first kappa shape index (κ1) is 16.9. The third-order valence-electron chi connectivity index (χ3n) is 3.31. The summed E-state index contributed by atoms with van der Waals surface area (Å²) in [6.07, 6.45) is 0.921. The Hall–Kier alpha value is -1.49. The lowest BCUT2D eigenvalue weighted by Crippen LogP contribution is -2.04. The van der Waals surface area contributed by atoms with Crippen molar-refractivity contribution in [3.63, 3.8) is 0 Å². The Balaban J connectivity index is 2.61. The van der Waals surface area contributed by atoms with Gasteiger partial charge in [-0.1, -0.05) is 13.8 Å². The van der Waals surface area contributed by atoms with Gasteiger partial charge in [0, 0.05) is 5.39 Å². The second kappa shape index (κ2) is 7.18. The lowest BCUT2D eigenvalue weighted by Gasteiger charge is -2.12. The molecule has 1 aromatic heterocycles. The highest BCUT2D eigenvalue weighted by Gasteiger charge is 2.18. The molecule has 0 bridgehead atoms. The summed E-state index contributed by atoms with van der Waals surface area (Å²) in [4.78, 5) is 15.2. The number of carbonyl (C=O) groups is 1. The monoisotopic (exact) mass is 367 g/mol. The molecule has 22 heavy (non-hydrogen) atoms. The third-order valence-corrected chi connectivity index (χ3v) is 3.90. The second-order valence-corrected chi connectivity index (χ2v) is 6.42. The Morgan fingerprint density at radius 1 is 1.27 bits per heavy atom. The van der Waals surface area contributed by atoms with Crippen molar-refractivity contribution in [2.45, 2.75) is 34.1 Å². The van der Waals surface area contributed by atoms with Gasteiger partial charge in [0.15, 0.2) is 0 Å². The van der Waals surface area contributed by atoms with Crippen LogP contribution in [0.2, 0.25) is 0 Å². The van der Waals surface area contributed by atoms with Crippen LogP contribution in [0.3, 0.4) is 0 Å². The summed E-state index contributed by atoms with van der Waals surface area (Å²) in [5.41, 5.74) is 2.57. The molecule has 0 saturated carbocycles. The molecule has 120 valence electrons. The molecule has 5 heteroatoms. The van der Waals surface area contributed by atoms with Gasteiger partial charge in [-0.2, -0.15) is 0 Å². The van der Waals surface area contributed by atoms with Crippen LogP contribution in [0.4, 0.5) is 0 Å². The average molecular weight is 368 g/mol. The van der Waals surface area contributed by atoms with Crippen molar-refractivity contribution >= 4 is 32.8 Å². The van der Waals surface area contributed by atoms with E-state index in [-0.39, 0.29) is 5.97 Å². The van der Waals surface area contributed by atoms with Crippen molar-refractivity contribution in [1.29, 1.82) is 0 Å². The quantitative estimate of drug-likeness (QED) is 0.752. The highest BCUT2D eigenvalue weighted by atomic mass is 79.9. The van der Waals surface area contributed by atoms with Crippen molar-refractivity contribution in [3.05, 3.63) is 27.9 Å². The van der Waals surface area contributed by atoms with Crippen molar-refractivity contribution in [2.75, 3.05) is 13.2 Å². The number of ether oxygens (including phenoxy) is 2. The zero-order valence-electron chi connectivity index (χ0n) is 13.5. The predicted octanol–water partition coefficient (Wildman–Crippen LogP) is 4.70. The van der Waals surface area contributed by atoms with E-state index in [1.165, 1.54) is 0 Å². The minimum Gasteiger partial charge on any atom is -0.492 e. The number of H-pyrrole nitrogens is 1. The highest BCUT2D eigenvalue weighted by Crippen LogP contribution is 2.37. The number of hydrogen-bond donors (Lipinski definition) is 1. The molecule has 0 unspecified atom stereocenters. The normalized spacial score (nSPS) is 11.2. The van der Waals surface area contributed by atoms with E-state index in [0.29, 0.717) is 24.8 Å². The van der Waals surface area contributed by atoms with E-state index in [2.05, 4.69) is 40.8 Å². The molecule has 0 aliphatic heterocycles. The fraction of sp³-hybridized carbons (Fsp3) is 0.471. The molecule has 0 spiro atoms. The summed E-state index contributed by atoms with van der Waals surface area (Å²) >= 11 is 3.58. The van der Waals surface area contributed by atoms with Crippen LogP contribution in [0.5, 0.6) is 5.75 Å². The Kier molecular flexibility index (Phi) is 5.51. The van der Waals surface area contributed by atoms with Gasteiger partial charge >= 0.3 is 5.97 Å². The molecular weight excluding hydrogens is 346 g/mol. The topological polar surface area (TPSA) is 51.3 Å². The maximum Gasteiger partial charge on any atom is 0.354 e. The number of fused-ring (bicyclic) bond motifs is 1. The summed E-state index contributed by atoms with van der Waals surface area (Å²) in [7, 11) is 0. The zero-order valence-corrected chi connectivity index (χ0v) is 15.0. The Labute approximate surface area is 139 Å². The Morgan fingerprint density at radius 2 is 2.00 bits per heavy atom. The van der Waals surface area contributed by atoms with Gasteiger partial charge in [-0.25, -0.2) is 4.79 Å². The Morgan fingerprint density at radius 3 is 2.59 bits per heavy atom. The highest BCUT2D eigenvalue weighted by molar-refractivity contribution is 9.10. The SMILES string of the molecule is CCOC(=O)c1cc2c(OCC)c(Br)cc(CC(C)C)c2[nH]1. The number of aromatic amines is 1. The van der Waals surface area contributed by atoms with Crippen LogP contribution in [0.1, 0.15) is 43.7 Å². The number of halogens is 1. The number of nitrogens with one attached hydrogen (secondary N) is 1. The van der Waals surface area contributed by atoms with Crippen LogP contribution in [-0.4, -0.2) is 24.2 Å². The molecule has 2 aromatic rings. The summed E-state index contributed by atoms with van der Waals surface area (Å²) < 4.78 is 11.7. The van der Waals surface area contributed by atoms with Crippen molar-refractivity contribution in [1.82, 2.24) is 4.98 Å². The molecule has 1 aromatic carbocycles. The fourth-order valence-electron chi connectivity index (χ4n) is 2.52. The minimum absolute atomic E-state index is 0.340. The number of hydrogen-bond acceptors (Lipinski definition) is 3. The number of benzene rings is 1. The van der Waals surface area contributed by atoms with Crippen LogP contribution in [-0.2, 0) is 11.2 Å². The number of carbonyl (C=O) groups excluding carboxylic acids is 1. The molecule has 0 aliphatic carbocycles. The molecule has 1 heterocycles. The van der Waals surface area contributed by atoms with Gasteiger partial charge in [-0.05, 0) is 59.8 Å². The van der Waals surface area contributed by atoms with Gasteiger partial charge in [0.1, 0.15) is 11.4 Å². The van der Waals surface area contributed by atoms with Crippen molar-refractivity contribution in [2.24, 2.45) is 5.92 Å². The van der Waals surface area contributed by atoms with Gasteiger partial charge in [0.05, 0.1) is 23.2 Å². The first-order chi connectivity index (χ1) is 10.5. The molecular formula is C17H22BrNO3. The molecule has 0 atom stereocenters. The summed E-state index contributed by atoms with van der Waals surface area (Å²) in [5.74, 6) is 0.937. The number of esters is 1. The molecule has 0 fully saturated rings. The fourth-order valence-corrected chi connectivity index (χ4v) is 3.12. The van der Waals surface area contributed by atoms with E-state index in [1.54, 1.807) is 6.92 Å². The number of aromatic nitrogens is 1. The molecule has 0 amide bonds. The van der Waals surface area contributed by atoms with Crippen molar-refractivity contribution in [3.8, 4) is 5.75 Å². The van der Waals surface area contributed by atoms with Crippen LogP contribution >= 0.6 is 15.9 Å². The van der Waals surface area contributed by atoms with Crippen molar-refractivity contribution < 1.29 is 14.3 Å². The standard InChI is InChI=1S/C17H22BrNO3/c1-5-21-16-12-9-14(17(20)22-6-2)19-15(12)11(7-10(3)4)8-13(16)18/h8-10,19H,5-7H2,1-4H3. The van der Waals surface area contributed by atoms with E-state index in [4.69, 9.17) is 9.47 Å². The van der Waals surface area contributed by atoms with Crippen LogP contribution in [0.25, 0.3) is 10.9 Å². The second-order valence-electron chi connectivity index (χ2n) is 5.57. The Bertz CT molecular complexity index is 676. The van der Waals surface area contributed by atoms with Crippen LogP contribution in [0, 0.1) is 5.92 Å².